The number of aliphatic imine (C=N–C) groups is 1. The van der Waals surface area contributed by atoms with Crippen LogP contribution < -0.4 is 5.32 Å². The Morgan fingerprint density at radius 2 is 1.78 bits per heavy atom. The first kappa shape index (κ1) is 17.7. The zero-order chi connectivity index (χ0) is 16.3. The fourth-order valence-electron chi connectivity index (χ4n) is 2.92. The number of hydrogen-bond donors (Lipinski definition) is 1. The summed E-state index contributed by atoms with van der Waals surface area (Å²) in [5, 5.41) is 3.56. The van der Waals surface area contributed by atoms with Gasteiger partial charge >= 0.3 is 0 Å². The van der Waals surface area contributed by atoms with Crippen LogP contribution in [0.1, 0.15) is 45.1 Å². The average Bonchev–Trinajstić information content (AvgIpc) is 2.56. The second kappa shape index (κ2) is 10.2. The molecule has 23 heavy (non-hydrogen) atoms. The van der Waals surface area contributed by atoms with E-state index in [2.05, 4.69) is 65.5 Å². The Morgan fingerprint density at radius 1 is 1.00 bits per heavy atom. The van der Waals surface area contributed by atoms with Gasteiger partial charge in [-0.3, -0.25) is 0 Å². The van der Waals surface area contributed by atoms with Crippen molar-refractivity contribution in [2.24, 2.45) is 4.99 Å². The minimum Gasteiger partial charge on any atom is -0.356 e. The molecule has 1 aromatic rings. The fourth-order valence-corrected chi connectivity index (χ4v) is 2.92. The molecule has 0 saturated carbocycles. The smallest absolute Gasteiger partial charge is 0.101 e. The summed E-state index contributed by atoms with van der Waals surface area (Å²) >= 11 is 0. The van der Waals surface area contributed by atoms with Gasteiger partial charge in [0.15, 0.2) is 0 Å². The van der Waals surface area contributed by atoms with Crippen LogP contribution in [0, 0.1) is 0 Å². The van der Waals surface area contributed by atoms with Gasteiger partial charge in [-0.25, -0.2) is 4.99 Å². The van der Waals surface area contributed by atoms with Gasteiger partial charge in [0.05, 0.1) is 0 Å². The van der Waals surface area contributed by atoms with Crippen LogP contribution >= 0.6 is 0 Å². The van der Waals surface area contributed by atoms with Crippen LogP contribution in [0.2, 0.25) is 0 Å². The largest absolute Gasteiger partial charge is 0.356 e. The predicted octanol–water partition coefficient (Wildman–Crippen LogP) is 4.02. The number of rotatable bonds is 10. The van der Waals surface area contributed by atoms with Crippen molar-refractivity contribution in [2.45, 2.75) is 46.0 Å². The van der Waals surface area contributed by atoms with E-state index >= 15 is 0 Å². The molecule has 1 aliphatic heterocycles. The number of nitrogens with zero attached hydrogens (tertiary/aromatic N) is 2. The summed E-state index contributed by atoms with van der Waals surface area (Å²) in [6.07, 6.45) is 8.42. The first-order chi connectivity index (χ1) is 11.3. The second-order valence-corrected chi connectivity index (χ2v) is 6.35. The lowest BCUT2D eigenvalue weighted by molar-refractivity contribution is 0.426. The Balaban J connectivity index is 1.42. The van der Waals surface area contributed by atoms with Gasteiger partial charge < -0.3 is 10.2 Å². The third-order valence-electron chi connectivity index (χ3n) is 4.35. The molecule has 0 radical (unpaired) electrons. The van der Waals surface area contributed by atoms with Gasteiger partial charge in [-0.05, 0) is 64.3 Å². The van der Waals surface area contributed by atoms with Gasteiger partial charge in [0.1, 0.15) is 5.84 Å². The number of aryl methyl sites for hydroxylation is 1. The molecule has 2 rings (SSSR count). The molecule has 1 aromatic carbocycles. The SMILES string of the molecule is CC1=CCN(CCCCCNCCCc2ccccc2)C(C)=N1. The molecule has 0 aromatic heterocycles. The lowest BCUT2D eigenvalue weighted by Crippen LogP contribution is -2.32. The summed E-state index contributed by atoms with van der Waals surface area (Å²) in [5.74, 6) is 1.17. The highest BCUT2D eigenvalue weighted by atomic mass is 15.2. The number of hydrogen-bond acceptors (Lipinski definition) is 3. The van der Waals surface area contributed by atoms with Crippen molar-refractivity contribution in [1.29, 1.82) is 0 Å². The van der Waals surface area contributed by atoms with Gasteiger partial charge in [-0.1, -0.05) is 36.8 Å². The summed E-state index contributed by atoms with van der Waals surface area (Å²) in [4.78, 5) is 6.90. The quantitative estimate of drug-likeness (QED) is 0.661. The minimum atomic E-state index is 1.03. The summed E-state index contributed by atoms with van der Waals surface area (Å²) in [5.41, 5.74) is 2.59. The van der Waals surface area contributed by atoms with Crippen LogP contribution in [0.4, 0.5) is 0 Å². The van der Waals surface area contributed by atoms with Crippen molar-refractivity contribution in [3.05, 3.63) is 47.7 Å². The maximum atomic E-state index is 4.53. The zero-order valence-corrected chi connectivity index (χ0v) is 14.7. The maximum Gasteiger partial charge on any atom is 0.101 e. The molecule has 0 atom stereocenters. The normalized spacial score (nSPS) is 14.6. The van der Waals surface area contributed by atoms with E-state index in [1.165, 1.54) is 43.5 Å². The molecule has 0 aliphatic carbocycles. The van der Waals surface area contributed by atoms with Crippen LogP contribution in [0.15, 0.2) is 47.1 Å². The number of amidine groups is 1. The van der Waals surface area contributed by atoms with Gasteiger partial charge in [0.2, 0.25) is 0 Å². The van der Waals surface area contributed by atoms with Gasteiger partial charge in [-0.15, -0.1) is 0 Å². The van der Waals surface area contributed by atoms with E-state index in [0.717, 1.165) is 31.9 Å². The Hall–Kier alpha value is -1.61. The maximum absolute atomic E-state index is 4.53. The Bertz CT molecular complexity index is 505. The van der Waals surface area contributed by atoms with Crippen molar-refractivity contribution in [1.82, 2.24) is 10.2 Å². The third-order valence-corrected chi connectivity index (χ3v) is 4.35. The molecule has 0 saturated heterocycles. The lowest BCUT2D eigenvalue weighted by atomic mass is 10.1. The molecule has 0 bridgehead atoms. The van der Waals surface area contributed by atoms with E-state index in [4.69, 9.17) is 0 Å². The summed E-state index contributed by atoms with van der Waals surface area (Å²) < 4.78 is 0. The third kappa shape index (κ3) is 7.00. The molecule has 3 nitrogen and oxygen atoms in total. The van der Waals surface area contributed by atoms with Crippen LogP contribution in [-0.2, 0) is 6.42 Å². The van der Waals surface area contributed by atoms with E-state index in [0.29, 0.717) is 0 Å². The molecule has 0 unspecified atom stereocenters. The predicted molar refractivity (Wildman–Crippen MR) is 99.9 cm³/mol. The first-order valence-corrected chi connectivity index (χ1v) is 8.97. The van der Waals surface area contributed by atoms with Crippen molar-refractivity contribution in [3.8, 4) is 0 Å². The highest BCUT2D eigenvalue weighted by Crippen LogP contribution is 2.09. The van der Waals surface area contributed by atoms with Crippen LogP contribution in [0.5, 0.6) is 0 Å². The molecule has 3 heteroatoms. The van der Waals surface area contributed by atoms with Gasteiger partial charge in [-0.2, -0.15) is 0 Å². The van der Waals surface area contributed by atoms with Crippen LogP contribution in [0.25, 0.3) is 0 Å². The van der Waals surface area contributed by atoms with Crippen molar-refractivity contribution in [3.63, 3.8) is 0 Å². The van der Waals surface area contributed by atoms with E-state index in [1.807, 2.05) is 0 Å². The Labute approximate surface area is 141 Å². The summed E-state index contributed by atoms with van der Waals surface area (Å²) in [6.45, 7) is 8.61. The molecular weight excluding hydrogens is 282 g/mol. The molecule has 126 valence electrons. The van der Waals surface area contributed by atoms with Crippen molar-refractivity contribution >= 4 is 5.84 Å². The number of nitrogens with one attached hydrogen (secondary N) is 1. The molecular formula is C20H31N3. The van der Waals surface area contributed by atoms with Crippen molar-refractivity contribution in [2.75, 3.05) is 26.2 Å². The van der Waals surface area contributed by atoms with E-state index in [9.17, 15) is 0 Å². The average molecular weight is 313 g/mol. The van der Waals surface area contributed by atoms with Gasteiger partial charge in [0, 0.05) is 18.8 Å². The first-order valence-electron chi connectivity index (χ1n) is 8.97. The Morgan fingerprint density at radius 3 is 2.57 bits per heavy atom. The van der Waals surface area contributed by atoms with E-state index in [-0.39, 0.29) is 0 Å². The van der Waals surface area contributed by atoms with E-state index < -0.39 is 0 Å². The molecule has 0 spiro atoms. The number of benzene rings is 1. The van der Waals surface area contributed by atoms with E-state index in [1.54, 1.807) is 0 Å². The number of unbranched alkanes of at least 4 members (excludes halogenated alkanes) is 2. The van der Waals surface area contributed by atoms with Gasteiger partial charge in [0.25, 0.3) is 0 Å². The molecule has 0 fully saturated rings. The highest BCUT2D eigenvalue weighted by molar-refractivity contribution is 5.81. The van der Waals surface area contributed by atoms with Crippen LogP contribution in [-0.4, -0.2) is 36.9 Å². The minimum absolute atomic E-state index is 1.03. The standard InChI is InChI=1S/C20H31N3/c1-18-13-17-23(19(2)22-18)16-8-4-7-14-21-15-9-12-20-10-5-3-6-11-20/h3,5-6,10-11,13,21H,4,7-9,12,14-17H2,1-2H3. The topological polar surface area (TPSA) is 27.6 Å². The Kier molecular flexibility index (Phi) is 7.88. The zero-order valence-electron chi connectivity index (χ0n) is 14.7. The molecule has 0 amide bonds. The highest BCUT2D eigenvalue weighted by Gasteiger charge is 2.09. The number of allylic oxidation sites excluding steroid dienone is 1. The fraction of sp³-hybridized carbons (Fsp3) is 0.550. The molecule has 1 aliphatic rings. The second-order valence-electron chi connectivity index (χ2n) is 6.35. The monoisotopic (exact) mass is 313 g/mol. The summed E-state index contributed by atoms with van der Waals surface area (Å²) in [6, 6.07) is 10.7. The molecule has 1 N–H and O–H groups in total. The summed E-state index contributed by atoms with van der Waals surface area (Å²) in [7, 11) is 0. The van der Waals surface area contributed by atoms with Crippen LogP contribution in [0.3, 0.4) is 0 Å². The molecule has 1 heterocycles. The van der Waals surface area contributed by atoms with Crippen molar-refractivity contribution < 1.29 is 0 Å². The lowest BCUT2D eigenvalue weighted by Gasteiger charge is -2.26.